The van der Waals surface area contributed by atoms with Crippen molar-refractivity contribution in [2.75, 3.05) is 13.9 Å². The predicted molar refractivity (Wildman–Crippen MR) is 126 cm³/mol. The number of ether oxygens (including phenoxy) is 4. The summed E-state index contributed by atoms with van der Waals surface area (Å²) in [7, 11) is 1.50. The van der Waals surface area contributed by atoms with Crippen molar-refractivity contribution in [2.45, 2.75) is 6.61 Å². The molecule has 1 heterocycles. The number of rotatable bonds is 7. The van der Waals surface area contributed by atoms with Gasteiger partial charge in [-0.25, -0.2) is 5.43 Å². The van der Waals surface area contributed by atoms with Crippen molar-refractivity contribution >= 4 is 46.9 Å². The molecule has 7 nitrogen and oxygen atoms in total. The fourth-order valence-corrected chi connectivity index (χ4v) is 3.75. The molecule has 3 aromatic rings. The van der Waals surface area contributed by atoms with Crippen molar-refractivity contribution in [1.29, 1.82) is 0 Å². The molecule has 0 spiro atoms. The van der Waals surface area contributed by atoms with Crippen LogP contribution in [0.5, 0.6) is 23.0 Å². The number of nitrogens with one attached hydrogen (secondary N) is 1. The molecule has 0 radical (unpaired) electrons. The highest BCUT2D eigenvalue weighted by Crippen LogP contribution is 2.37. The summed E-state index contributed by atoms with van der Waals surface area (Å²) < 4.78 is 21.8. The van der Waals surface area contributed by atoms with Gasteiger partial charge in [0.05, 0.1) is 18.3 Å². The summed E-state index contributed by atoms with van der Waals surface area (Å²) in [5, 5.41) is 5.32. The third-order valence-electron chi connectivity index (χ3n) is 4.65. The summed E-state index contributed by atoms with van der Waals surface area (Å²) in [6.07, 6.45) is 1.44. The van der Waals surface area contributed by atoms with E-state index in [1.54, 1.807) is 48.5 Å². The van der Waals surface area contributed by atoms with Crippen LogP contribution in [0.25, 0.3) is 0 Å². The standard InChI is InChI=1S/C23H17Cl3N2O5/c1-30-21-7-13(6-18(26)22(21)31-11-15-2-4-16(24)9-17(15)25)10-27-28-23(29)14-3-5-19-20(8-14)33-12-32-19/h2-10H,11-12H2,1H3,(H,28,29)/b27-10-. The number of halogens is 3. The van der Waals surface area contributed by atoms with Crippen LogP contribution >= 0.6 is 34.8 Å². The van der Waals surface area contributed by atoms with E-state index in [-0.39, 0.29) is 13.4 Å². The lowest BCUT2D eigenvalue weighted by Gasteiger charge is -2.14. The molecule has 1 N–H and O–H groups in total. The number of methoxy groups -OCH3 is 1. The first-order chi connectivity index (χ1) is 15.9. The number of benzene rings is 3. The maximum absolute atomic E-state index is 12.3. The first-order valence-corrected chi connectivity index (χ1v) is 10.8. The minimum atomic E-state index is -0.401. The Hall–Kier alpha value is -3.13. The van der Waals surface area contributed by atoms with Gasteiger partial charge in [-0.15, -0.1) is 0 Å². The average Bonchev–Trinajstić information content (AvgIpc) is 3.27. The molecule has 4 rings (SSSR count). The lowest BCUT2D eigenvalue weighted by atomic mass is 10.2. The summed E-state index contributed by atoms with van der Waals surface area (Å²) in [5.74, 6) is 1.46. The monoisotopic (exact) mass is 506 g/mol. The Kier molecular flexibility index (Phi) is 7.13. The Morgan fingerprint density at radius 1 is 1.06 bits per heavy atom. The van der Waals surface area contributed by atoms with Crippen molar-refractivity contribution in [3.63, 3.8) is 0 Å². The highest BCUT2D eigenvalue weighted by Gasteiger charge is 2.16. The Bertz CT molecular complexity index is 1230. The molecule has 0 saturated heterocycles. The number of nitrogens with zero attached hydrogens (tertiary/aromatic N) is 1. The summed E-state index contributed by atoms with van der Waals surface area (Å²) >= 11 is 18.5. The molecular formula is C23H17Cl3N2O5. The van der Waals surface area contributed by atoms with E-state index in [4.69, 9.17) is 53.8 Å². The van der Waals surface area contributed by atoms with Crippen LogP contribution in [0.4, 0.5) is 0 Å². The molecule has 0 fully saturated rings. The van der Waals surface area contributed by atoms with E-state index in [0.29, 0.717) is 49.2 Å². The van der Waals surface area contributed by atoms with E-state index in [9.17, 15) is 4.79 Å². The Labute approximate surface area is 204 Å². The SMILES string of the molecule is COc1cc(/C=N\NC(=O)c2ccc3c(c2)OCO3)cc(Cl)c1OCc1ccc(Cl)cc1Cl. The van der Waals surface area contributed by atoms with Crippen molar-refractivity contribution in [3.05, 3.63) is 80.3 Å². The van der Waals surface area contributed by atoms with Gasteiger partial charge in [0, 0.05) is 21.2 Å². The smallest absolute Gasteiger partial charge is 0.271 e. The van der Waals surface area contributed by atoms with Crippen LogP contribution in [0.15, 0.2) is 53.6 Å². The molecule has 0 unspecified atom stereocenters. The number of fused-ring (bicyclic) bond motifs is 1. The topological polar surface area (TPSA) is 78.4 Å². The number of carbonyl (C=O) groups excluding carboxylic acids is 1. The summed E-state index contributed by atoms with van der Waals surface area (Å²) in [6, 6.07) is 13.3. The maximum atomic E-state index is 12.3. The molecule has 1 amide bonds. The van der Waals surface area contributed by atoms with Crippen LogP contribution in [0.2, 0.25) is 15.1 Å². The molecule has 10 heteroatoms. The van der Waals surface area contributed by atoms with Crippen LogP contribution < -0.4 is 24.4 Å². The molecule has 0 atom stereocenters. The minimum Gasteiger partial charge on any atom is -0.493 e. The first kappa shape index (κ1) is 23.0. The highest BCUT2D eigenvalue weighted by molar-refractivity contribution is 6.35. The van der Waals surface area contributed by atoms with Crippen LogP contribution in [-0.4, -0.2) is 26.0 Å². The summed E-state index contributed by atoms with van der Waals surface area (Å²) in [4.78, 5) is 12.3. The summed E-state index contributed by atoms with van der Waals surface area (Å²) in [6.45, 7) is 0.304. The Morgan fingerprint density at radius 2 is 1.88 bits per heavy atom. The van der Waals surface area contributed by atoms with E-state index >= 15 is 0 Å². The lowest BCUT2D eigenvalue weighted by molar-refractivity contribution is 0.0954. The predicted octanol–water partition coefficient (Wildman–Crippen LogP) is 5.73. The number of hydrogen-bond acceptors (Lipinski definition) is 6. The minimum absolute atomic E-state index is 0.133. The Morgan fingerprint density at radius 3 is 2.67 bits per heavy atom. The van der Waals surface area contributed by atoms with Crippen LogP contribution in [0.3, 0.4) is 0 Å². The second kappa shape index (κ2) is 10.2. The van der Waals surface area contributed by atoms with Gasteiger partial charge in [-0.3, -0.25) is 4.79 Å². The van der Waals surface area contributed by atoms with Crippen LogP contribution in [0.1, 0.15) is 21.5 Å². The summed E-state index contributed by atoms with van der Waals surface area (Å²) in [5.41, 5.74) is 4.19. The normalized spacial score (nSPS) is 12.1. The first-order valence-electron chi connectivity index (χ1n) is 9.62. The second-order valence-electron chi connectivity index (χ2n) is 6.83. The van der Waals surface area contributed by atoms with Gasteiger partial charge in [-0.05, 0) is 48.0 Å². The fourth-order valence-electron chi connectivity index (χ4n) is 3.01. The third kappa shape index (κ3) is 5.45. The van der Waals surface area contributed by atoms with Crippen LogP contribution in [0, 0.1) is 0 Å². The van der Waals surface area contributed by atoms with Gasteiger partial charge in [-0.2, -0.15) is 5.10 Å². The molecule has 0 aliphatic carbocycles. The number of amides is 1. The molecule has 33 heavy (non-hydrogen) atoms. The quantitative estimate of drug-likeness (QED) is 0.326. The molecule has 0 saturated carbocycles. The molecule has 3 aromatic carbocycles. The highest BCUT2D eigenvalue weighted by atomic mass is 35.5. The molecule has 1 aliphatic rings. The van der Waals surface area contributed by atoms with Gasteiger partial charge in [0.2, 0.25) is 6.79 Å². The fraction of sp³-hybridized carbons (Fsp3) is 0.130. The second-order valence-corrected chi connectivity index (χ2v) is 8.08. The van der Waals surface area contributed by atoms with Gasteiger partial charge in [0.1, 0.15) is 6.61 Å². The van der Waals surface area contributed by atoms with Crippen molar-refractivity contribution in [1.82, 2.24) is 5.43 Å². The van der Waals surface area contributed by atoms with E-state index in [1.165, 1.54) is 13.3 Å². The van der Waals surface area contributed by atoms with E-state index in [0.717, 1.165) is 5.56 Å². The Balaban J connectivity index is 1.43. The van der Waals surface area contributed by atoms with Gasteiger partial charge >= 0.3 is 0 Å². The third-order valence-corrected chi connectivity index (χ3v) is 5.52. The number of hydrogen-bond donors (Lipinski definition) is 1. The van der Waals surface area contributed by atoms with Crippen LogP contribution in [-0.2, 0) is 6.61 Å². The molecule has 170 valence electrons. The number of hydrazone groups is 1. The lowest BCUT2D eigenvalue weighted by Crippen LogP contribution is -2.17. The molecular weight excluding hydrogens is 491 g/mol. The van der Waals surface area contributed by atoms with Gasteiger partial charge in [-0.1, -0.05) is 40.9 Å². The van der Waals surface area contributed by atoms with E-state index in [1.807, 2.05) is 0 Å². The van der Waals surface area contributed by atoms with E-state index < -0.39 is 5.91 Å². The maximum Gasteiger partial charge on any atom is 0.271 e. The van der Waals surface area contributed by atoms with Crippen molar-refractivity contribution < 1.29 is 23.7 Å². The average molecular weight is 508 g/mol. The molecule has 0 aromatic heterocycles. The van der Waals surface area contributed by atoms with Crippen molar-refractivity contribution in [3.8, 4) is 23.0 Å². The van der Waals surface area contributed by atoms with Gasteiger partial charge in [0.25, 0.3) is 5.91 Å². The zero-order valence-electron chi connectivity index (χ0n) is 17.2. The van der Waals surface area contributed by atoms with E-state index in [2.05, 4.69) is 10.5 Å². The largest absolute Gasteiger partial charge is 0.493 e. The van der Waals surface area contributed by atoms with Gasteiger partial charge < -0.3 is 18.9 Å². The van der Waals surface area contributed by atoms with Gasteiger partial charge in [0.15, 0.2) is 23.0 Å². The molecule has 0 bridgehead atoms. The zero-order valence-corrected chi connectivity index (χ0v) is 19.5. The zero-order chi connectivity index (χ0) is 23.4. The molecule has 1 aliphatic heterocycles. The number of carbonyl (C=O) groups is 1. The van der Waals surface area contributed by atoms with Crippen molar-refractivity contribution in [2.24, 2.45) is 5.10 Å².